The normalized spacial score (nSPS) is 24.0. The predicted octanol–water partition coefficient (Wildman–Crippen LogP) is 2.65. The van der Waals surface area contributed by atoms with Gasteiger partial charge in [0.25, 0.3) is 0 Å². The van der Waals surface area contributed by atoms with E-state index in [0.717, 1.165) is 12.8 Å². The van der Waals surface area contributed by atoms with Crippen molar-refractivity contribution in [2.24, 2.45) is 5.11 Å². The van der Waals surface area contributed by atoms with Crippen molar-refractivity contribution in [1.29, 1.82) is 0 Å². The maximum atomic E-state index is 8.16. The van der Waals surface area contributed by atoms with Crippen molar-refractivity contribution in [2.75, 3.05) is 0 Å². The highest BCUT2D eigenvalue weighted by molar-refractivity contribution is 5.15. The molecule has 14 heavy (non-hydrogen) atoms. The molecule has 1 heterocycles. The molecule has 1 saturated heterocycles. The molecule has 0 aromatic heterocycles. The summed E-state index contributed by atoms with van der Waals surface area (Å²) in [7, 11) is 0. The number of ether oxygens (including phenoxy) is 1. The molecule has 4 nitrogen and oxygen atoms in total. The molecule has 1 aliphatic heterocycles. The van der Waals surface area contributed by atoms with Crippen molar-refractivity contribution in [3.05, 3.63) is 46.3 Å². The fraction of sp³-hybridized carbons (Fsp3) is 0.400. The van der Waals surface area contributed by atoms with Gasteiger partial charge in [0.2, 0.25) is 0 Å². The second-order valence-electron chi connectivity index (χ2n) is 3.29. The average Bonchev–Trinajstić information content (AvgIpc) is 2.96. The molecule has 1 aromatic carbocycles. The highest BCUT2D eigenvalue weighted by Crippen LogP contribution is 2.27. The molecule has 1 fully saturated rings. The standard InChI is InChI=1S/C10H11N3O/c11-13-12-10-9(14-10)7-6-8-4-2-1-3-5-8/h1-5,9-10H,6-7H2/t9?,10-/m1/s1. The van der Waals surface area contributed by atoms with E-state index in [2.05, 4.69) is 22.2 Å². The summed E-state index contributed by atoms with van der Waals surface area (Å²) in [6.45, 7) is 0. The van der Waals surface area contributed by atoms with Crippen molar-refractivity contribution in [2.45, 2.75) is 25.2 Å². The smallest absolute Gasteiger partial charge is 0.163 e. The van der Waals surface area contributed by atoms with E-state index >= 15 is 0 Å². The van der Waals surface area contributed by atoms with Crippen molar-refractivity contribution >= 4 is 0 Å². The third kappa shape index (κ3) is 2.25. The van der Waals surface area contributed by atoms with Crippen LogP contribution in [-0.2, 0) is 11.2 Å². The van der Waals surface area contributed by atoms with Crippen LogP contribution in [0.25, 0.3) is 10.4 Å². The van der Waals surface area contributed by atoms with Gasteiger partial charge in [-0.05, 0) is 23.9 Å². The van der Waals surface area contributed by atoms with Gasteiger partial charge in [0.05, 0.1) is 6.10 Å². The van der Waals surface area contributed by atoms with Gasteiger partial charge in [-0.3, -0.25) is 0 Å². The zero-order valence-electron chi connectivity index (χ0n) is 7.71. The Balaban J connectivity index is 1.77. The first-order valence-electron chi connectivity index (χ1n) is 4.64. The summed E-state index contributed by atoms with van der Waals surface area (Å²) in [5.41, 5.74) is 9.45. The highest BCUT2D eigenvalue weighted by Gasteiger charge is 2.37. The molecule has 4 heteroatoms. The Morgan fingerprint density at radius 1 is 1.36 bits per heavy atom. The summed E-state index contributed by atoms with van der Waals surface area (Å²) in [5.74, 6) is 0. The van der Waals surface area contributed by atoms with Gasteiger partial charge in [0.1, 0.15) is 0 Å². The lowest BCUT2D eigenvalue weighted by molar-refractivity contribution is 0.365. The van der Waals surface area contributed by atoms with Crippen LogP contribution in [0.1, 0.15) is 12.0 Å². The molecule has 0 spiro atoms. The quantitative estimate of drug-likeness (QED) is 0.311. The molecule has 0 saturated carbocycles. The van der Waals surface area contributed by atoms with Crippen LogP contribution in [0, 0.1) is 0 Å². The maximum absolute atomic E-state index is 8.16. The van der Waals surface area contributed by atoms with Gasteiger partial charge in [0, 0.05) is 4.91 Å². The van der Waals surface area contributed by atoms with Crippen molar-refractivity contribution in [3.8, 4) is 0 Å². The van der Waals surface area contributed by atoms with Gasteiger partial charge < -0.3 is 4.74 Å². The topological polar surface area (TPSA) is 61.3 Å². The van der Waals surface area contributed by atoms with Crippen LogP contribution in [-0.4, -0.2) is 12.3 Å². The monoisotopic (exact) mass is 189 g/mol. The van der Waals surface area contributed by atoms with Gasteiger partial charge in [-0.2, -0.15) is 0 Å². The molecule has 2 atom stereocenters. The molecular formula is C10H11N3O. The summed E-state index contributed by atoms with van der Waals surface area (Å²) in [5, 5.41) is 3.49. The largest absolute Gasteiger partial charge is 0.363 e. The summed E-state index contributed by atoms with van der Waals surface area (Å²) < 4.78 is 5.16. The summed E-state index contributed by atoms with van der Waals surface area (Å²) >= 11 is 0. The van der Waals surface area contributed by atoms with E-state index in [9.17, 15) is 0 Å². The lowest BCUT2D eigenvalue weighted by atomic mass is 10.1. The van der Waals surface area contributed by atoms with Crippen LogP contribution < -0.4 is 0 Å². The number of hydrogen-bond donors (Lipinski definition) is 0. The number of rotatable bonds is 4. The minimum atomic E-state index is -0.219. The van der Waals surface area contributed by atoms with Gasteiger partial charge in [-0.1, -0.05) is 35.4 Å². The number of azide groups is 1. The summed E-state index contributed by atoms with van der Waals surface area (Å²) in [6.07, 6.45) is 1.81. The van der Waals surface area contributed by atoms with Crippen LogP contribution in [0.5, 0.6) is 0 Å². The first-order valence-corrected chi connectivity index (χ1v) is 4.64. The molecule has 1 aromatic rings. The zero-order chi connectivity index (χ0) is 9.80. The number of epoxide rings is 1. The van der Waals surface area contributed by atoms with Crippen LogP contribution in [0.2, 0.25) is 0 Å². The first-order chi connectivity index (χ1) is 6.90. The maximum Gasteiger partial charge on any atom is 0.163 e. The predicted molar refractivity (Wildman–Crippen MR) is 52.6 cm³/mol. The summed E-state index contributed by atoms with van der Waals surface area (Å²) in [6, 6.07) is 10.2. The minimum absolute atomic E-state index is 0.131. The van der Waals surface area contributed by atoms with Crippen LogP contribution in [0.3, 0.4) is 0 Å². The van der Waals surface area contributed by atoms with Crippen molar-refractivity contribution < 1.29 is 4.74 Å². The van der Waals surface area contributed by atoms with Gasteiger partial charge in [-0.25, -0.2) is 0 Å². The van der Waals surface area contributed by atoms with Crippen molar-refractivity contribution in [3.63, 3.8) is 0 Å². The average molecular weight is 189 g/mol. The molecule has 1 aliphatic rings. The molecule has 0 aliphatic carbocycles. The Bertz CT molecular complexity index is 346. The van der Waals surface area contributed by atoms with Crippen LogP contribution in [0.4, 0.5) is 0 Å². The third-order valence-corrected chi connectivity index (χ3v) is 2.28. The van der Waals surface area contributed by atoms with E-state index in [1.54, 1.807) is 0 Å². The molecule has 72 valence electrons. The fourth-order valence-electron chi connectivity index (χ4n) is 1.45. The van der Waals surface area contributed by atoms with Gasteiger partial charge in [0.15, 0.2) is 6.23 Å². The fourth-order valence-corrected chi connectivity index (χ4v) is 1.45. The Labute approximate surface area is 82.1 Å². The second kappa shape index (κ2) is 4.13. The van der Waals surface area contributed by atoms with E-state index in [1.165, 1.54) is 5.56 Å². The van der Waals surface area contributed by atoms with E-state index in [-0.39, 0.29) is 12.3 Å². The van der Waals surface area contributed by atoms with E-state index in [0.29, 0.717) is 0 Å². The van der Waals surface area contributed by atoms with Crippen LogP contribution >= 0.6 is 0 Å². The second-order valence-corrected chi connectivity index (χ2v) is 3.29. The Morgan fingerprint density at radius 3 is 2.86 bits per heavy atom. The van der Waals surface area contributed by atoms with Crippen LogP contribution in [0.15, 0.2) is 35.4 Å². The zero-order valence-corrected chi connectivity index (χ0v) is 7.71. The Kier molecular flexibility index (Phi) is 2.68. The molecule has 2 rings (SSSR count). The lowest BCUT2D eigenvalue weighted by Gasteiger charge is -1.96. The molecule has 0 N–H and O–H groups in total. The molecular weight excluding hydrogens is 178 g/mol. The van der Waals surface area contributed by atoms with E-state index in [4.69, 9.17) is 10.3 Å². The third-order valence-electron chi connectivity index (χ3n) is 2.28. The number of aryl methyl sites for hydroxylation is 1. The van der Waals surface area contributed by atoms with E-state index in [1.807, 2.05) is 18.2 Å². The number of hydrogen-bond acceptors (Lipinski definition) is 2. The van der Waals surface area contributed by atoms with E-state index < -0.39 is 0 Å². The first kappa shape index (κ1) is 9.06. The highest BCUT2D eigenvalue weighted by atomic mass is 16.6. The molecule has 1 unspecified atom stereocenters. The van der Waals surface area contributed by atoms with Gasteiger partial charge >= 0.3 is 0 Å². The number of benzene rings is 1. The van der Waals surface area contributed by atoms with Crippen molar-refractivity contribution in [1.82, 2.24) is 0 Å². The van der Waals surface area contributed by atoms with Gasteiger partial charge in [-0.15, -0.1) is 0 Å². The minimum Gasteiger partial charge on any atom is -0.363 e. The molecule has 0 radical (unpaired) electrons. The SMILES string of the molecule is [N-]=[N+]=N[C@@H]1OC1CCc1ccccc1. The molecule has 0 amide bonds. The molecule has 0 bridgehead atoms. The lowest BCUT2D eigenvalue weighted by Crippen LogP contribution is -1.93. The Hall–Kier alpha value is -1.51. The summed E-state index contributed by atoms with van der Waals surface area (Å²) in [4.78, 5) is 2.70. The Morgan fingerprint density at radius 2 is 2.14 bits per heavy atom. The number of nitrogens with zero attached hydrogens (tertiary/aromatic N) is 3.